The molecule has 0 bridgehead atoms. The predicted molar refractivity (Wildman–Crippen MR) is 137 cm³/mol. The Balaban J connectivity index is 1.30. The highest BCUT2D eigenvalue weighted by Gasteiger charge is 2.33. The van der Waals surface area contributed by atoms with E-state index < -0.39 is 5.97 Å². The number of anilines is 1. The van der Waals surface area contributed by atoms with Crippen LogP contribution in [0.2, 0.25) is 10.0 Å². The maximum Gasteiger partial charge on any atom is 0.339 e. The molecule has 0 unspecified atom stereocenters. The van der Waals surface area contributed by atoms with Gasteiger partial charge in [0, 0.05) is 52.2 Å². The van der Waals surface area contributed by atoms with Gasteiger partial charge in [0.2, 0.25) is 0 Å². The van der Waals surface area contributed by atoms with E-state index in [1.165, 1.54) is 23.5 Å². The number of halogens is 2. The van der Waals surface area contributed by atoms with Crippen molar-refractivity contribution in [3.05, 3.63) is 75.3 Å². The van der Waals surface area contributed by atoms with E-state index in [0.29, 0.717) is 22.6 Å². The van der Waals surface area contributed by atoms with Gasteiger partial charge in [-0.05, 0) is 62.1 Å². The Morgan fingerprint density at radius 2 is 1.66 bits per heavy atom. The van der Waals surface area contributed by atoms with Gasteiger partial charge in [0.15, 0.2) is 0 Å². The van der Waals surface area contributed by atoms with E-state index in [0.717, 1.165) is 42.4 Å². The summed E-state index contributed by atoms with van der Waals surface area (Å²) in [7, 11) is 0. The number of nitrogens with zero attached hydrogens (tertiary/aromatic N) is 2. The van der Waals surface area contributed by atoms with Crippen LogP contribution in [0.3, 0.4) is 0 Å². The number of rotatable bonds is 6. The summed E-state index contributed by atoms with van der Waals surface area (Å²) in [5.41, 5.74) is 2.35. The zero-order valence-electron chi connectivity index (χ0n) is 19.1. The smallest absolute Gasteiger partial charge is 0.339 e. The Morgan fingerprint density at radius 1 is 0.914 bits per heavy atom. The van der Waals surface area contributed by atoms with Crippen LogP contribution >= 0.6 is 23.2 Å². The molecule has 0 aliphatic carbocycles. The third-order valence-corrected chi connectivity index (χ3v) is 7.12. The molecule has 2 amide bonds. The molecule has 0 atom stereocenters. The second-order valence-electron chi connectivity index (χ2n) is 8.78. The van der Waals surface area contributed by atoms with E-state index in [9.17, 15) is 14.4 Å². The molecular formula is C27H24Cl2N2O4. The zero-order valence-corrected chi connectivity index (χ0v) is 20.6. The molecule has 0 saturated carbocycles. The standard InChI is InChI=1S/C27H24Cl2N2O4/c28-17-8-9-18(22(29)16-17)27(34)35-15-5-14-31-25(32)20-7-4-6-19-23(30-12-2-1-3-13-30)11-10-21(24(19)20)26(31)33/h4,6-11,16H,1-3,5,12-15H2. The molecule has 35 heavy (non-hydrogen) atoms. The Hall–Kier alpha value is -3.09. The van der Waals surface area contributed by atoms with Gasteiger partial charge in [0.1, 0.15) is 0 Å². The number of ether oxygens (including phenoxy) is 1. The molecule has 6 nitrogen and oxygen atoms in total. The molecule has 3 aromatic carbocycles. The molecule has 2 aliphatic rings. The van der Waals surface area contributed by atoms with Crippen molar-refractivity contribution >= 4 is 57.4 Å². The number of hydrogen-bond acceptors (Lipinski definition) is 5. The molecule has 2 heterocycles. The van der Waals surface area contributed by atoms with Gasteiger partial charge in [0.25, 0.3) is 11.8 Å². The van der Waals surface area contributed by atoms with Crippen molar-refractivity contribution in [3.8, 4) is 0 Å². The fourth-order valence-corrected chi connectivity index (χ4v) is 5.35. The van der Waals surface area contributed by atoms with Crippen LogP contribution < -0.4 is 4.90 Å². The SMILES string of the molecule is O=C(OCCCN1C(=O)c2cccc3c(N4CCCCC4)ccc(c23)C1=O)c1ccc(Cl)cc1Cl. The highest BCUT2D eigenvalue weighted by molar-refractivity contribution is 6.36. The third-order valence-electron chi connectivity index (χ3n) is 6.58. The van der Waals surface area contributed by atoms with Gasteiger partial charge in [-0.3, -0.25) is 14.5 Å². The molecule has 0 aromatic heterocycles. The minimum atomic E-state index is -0.580. The van der Waals surface area contributed by atoms with Crippen molar-refractivity contribution in [3.63, 3.8) is 0 Å². The highest BCUT2D eigenvalue weighted by atomic mass is 35.5. The Labute approximate surface area is 213 Å². The Morgan fingerprint density at radius 3 is 2.40 bits per heavy atom. The minimum Gasteiger partial charge on any atom is -0.462 e. The van der Waals surface area contributed by atoms with E-state index in [-0.39, 0.29) is 35.6 Å². The number of esters is 1. The number of hydrogen-bond donors (Lipinski definition) is 0. The molecule has 2 aliphatic heterocycles. The highest BCUT2D eigenvalue weighted by Crippen LogP contribution is 2.37. The number of carbonyl (C=O) groups excluding carboxylic acids is 3. The summed E-state index contributed by atoms with van der Waals surface area (Å²) >= 11 is 11.9. The summed E-state index contributed by atoms with van der Waals surface area (Å²) in [5, 5.41) is 2.30. The molecule has 5 rings (SSSR count). The van der Waals surface area contributed by atoms with Crippen molar-refractivity contribution in [2.24, 2.45) is 0 Å². The van der Waals surface area contributed by atoms with Gasteiger partial charge in [-0.25, -0.2) is 4.79 Å². The number of imide groups is 1. The predicted octanol–water partition coefficient (Wildman–Crippen LogP) is 5.98. The lowest BCUT2D eigenvalue weighted by Crippen LogP contribution is -2.41. The van der Waals surface area contributed by atoms with Crippen molar-refractivity contribution < 1.29 is 19.1 Å². The first kappa shape index (κ1) is 23.6. The summed E-state index contributed by atoms with van der Waals surface area (Å²) in [5.74, 6) is -1.23. The van der Waals surface area contributed by atoms with Gasteiger partial charge in [-0.1, -0.05) is 35.3 Å². The van der Waals surface area contributed by atoms with E-state index >= 15 is 0 Å². The first-order chi connectivity index (χ1) is 17.0. The van der Waals surface area contributed by atoms with Gasteiger partial charge in [0.05, 0.1) is 17.2 Å². The zero-order chi connectivity index (χ0) is 24.5. The van der Waals surface area contributed by atoms with E-state index in [1.54, 1.807) is 12.1 Å². The second kappa shape index (κ2) is 9.88. The number of piperidine rings is 1. The molecule has 0 radical (unpaired) electrons. The van der Waals surface area contributed by atoms with Crippen LogP contribution in [0.15, 0.2) is 48.5 Å². The Bertz CT molecular complexity index is 1310. The molecule has 0 spiro atoms. The van der Waals surface area contributed by atoms with Crippen molar-refractivity contribution in [2.45, 2.75) is 25.7 Å². The largest absolute Gasteiger partial charge is 0.462 e. The molecule has 180 valence electrons. The summed E-state index contributed by atoms with van der Waals surface area (Å²) in [6.07, 6.45) is 3.82. The van der Waals surface area contributed by atoms with Crippen LogP contribution in [-0.2, 0) is 4.74 Å². The summed E-state index contributed by atoms with van der Waals surface area (Å²) < 4.78 is 5.30. The minimum absolute atomic E-state index is 0.0415. The number of carbonyl (C=O) groups is 3. The lowest BCUT2D eigenvalue weighted by Gasteiger charge is -2.32. The van der Waals surface area contributed by atoms with Gasteiger partial charge >= 0.3 is 5.97 Å². The maximum absolute atomic E-state index is 13.3. The quantitative estimate of drug-likeness (QED) is 0.232. The van der Waals surface area contributed by atoms with E-state index in [1.807, 2.05) is 24.3 Å². The fraction of sp³-hybridized carbons (Fsp3) is 0.296. The summed E-state index contributed by atoms with van der Waals surface area (Å²) in [6, 6.07) is 14.0. The fourth-order valence-electron chi connectivity index (χ4n) is 4.86. The maximum atomic E-state index is 13.3. The normalized spacial score (nSPS) is 15.6. The Kier molecular flexibility index (Phi) is 6.67. The lowest BCUT2D eigenvalue weighted by atomic mass is 9.92. The number of benzene rings is 3. The van der Waals surface area contributed by atoms with Crippen LogP contribution in [-0.4, -0.2) is 48.9 Å². The van der Waals surface area contributed by atoms with Crippen LogP contribution in [0.4, 0.5) is 5.69 Å². The topological polar surface area (TPSA) is 66.9 Å². The van der Waals surface area contributed by atoms with Gasteiger partial charge < -0.3 is 9.64 Å². The van der Waals surface area contributed by atoms with Crippen LogP contribution in [0.1, 0.15) is 56.8 Å². The molecule has 0 N–H and O–H groups in total. The monoisotopic (exact) mass is 510 g/mol. The van der Waals surface area contributed by atoms with E-state index in [4.69, 9.17) is 27.9 Å². The van der Waals surface area contributed by atoms with Crippen molar-refractivity contribution in [1.82, 2.24) is 4.90 Å². The second-order valence-corrected chi connectivity index (χ2v) is 9.63. The first-order valence-corrected chi connectivity index (χ1v) is 12.5. The summed E-state index contributed by atoms with van der Waals surface area (Å²) in [6.45, 7) is 2.14. The number of amides is 2. The lowest BCUT2D eigenvalue weighted by molar-refractivity contribution is 0.0476. The van der Waals surface area contributed by atoms with Crippen LogP contribution in [0, 0.1) is 0 Å². The van der Waals surface area contributed by atoms with Crippen molar-refractivity contribution in [2.75, 3.05) is 31.1 Å². The molecule has 1 fully saturated rings. The summed E-state index contributed by atoms with van der Waals surface area (Å²) in [4.78, 5) is 42.4. The van der Waals surface area contributed by atoms with Crippen molar-refractivity contribution in [1.29, 1.82) is 0 Å². The van der Waals surface area contributed by atoms with Crippen LogP contribution in [0.5, 0.6) is 0 Å². The molecular weight excluding hydrogens is 487 g/mol. The molecule has 1 saturated heterocycles. The molecule has 3 aromatic rings. The van der Waals surface area contributed by atoms with Crippen LogP contribution in [0.25, 0.3) is 10.8 Å². The average Bonchev–Trinajstić information content (AvgIpc) is 2.86. The average molecular weight is 511 g/mol. The third kappa shape index (κ3) is 4.48. The molecule has 8 heteroatoms. The van der Waals surface area contributed by atoms with Gasteiger partial charge in [-0.15, -0.1) is 0 Å². The van der Waals surface area contributed by atoms with E-state index in [2.05, 4.69) is 4.90 Å². The van der Waals surface area contributed by atoms with Gasteiger partial charge in [-0.2, -0.15) is 0 Å². The first-order valence-electron chi connectivity index (χ1n) is 11.7.